The summed E-state index contributed by atoms with van der Waals surface area (Å²) >= 11 is 0. The maximum absolute atomic E-state index is 13.1. The molecule has 1 aliphatic heterocycles. The van der Waals surface area contributed by atoms with Crippen LogP contribution in [0, 0.1) is 17.6 Å². The molecule has 0 saturated carbocycles. The summed E-state index contributed by atoms with van der Waals surface area (Å²) in [5.74, 6) is -0.948. The van der Waals surface area contributed by atoms with Crippen LogP contribution in [0.5, 0.6) is 0 Å². The first-order valence-electron chi connectivity index (χ1n) is 7.96. The molecule has 6 heteroatoms. The minimum Gasteiger partial charge on any atom is -0.342 e. The molecule has 1 heterocycles. The van der Waals surface area contributed by atoms with E-state index in [1.54, 1.807) is 6.07 Å². The third-order valence-electron chi connectivity index (χ3n) is 4.20. The number of aryl methyl sites for hydroxylation is 1. The van der Waals surface area contributed by atoms with Gasteiger partial charge in [-0.3, -0.25) is 4.79 Å². The van der Waals surface area contributed by atoms with Gasteiger partial charge in [0.1, 0.15) is 0 Å². The number of benzene rings is 1. The van der Waals surface area contributed by atoms with Crippen LogP contribution in [0.4, 0.5) is 8.78 Å². The third kappa shape index (κ3) is 6.07. The summed E-state index contributed by atoms with van der Waals surface area (Å²) in [4.78, 5) is 14.2. The van der Waals surface area contributed by atoms with Crippen LogP contribution in [0.3, 0.4) is 0 Å². The highest BCUT2D eigenvalue weighted by molar-refractivity contribution is 5.85. The van der Waals surface area contributed by atoms with Crippen molar-refractivity contribution >= 4 is 18.3 Å². The smallest absolute Gasteiger partial charge is 0.222 e. The lowest BCUT2D eigenvalue weighted by molar-refractivity contribution is -0.133. The van der Waals surface area contributed by atoms with Crippen LogP contribution in [-0.2, 0) is 11.2 Å². The Morgan fingerprint density at radius 3 is 2.83 bits per heavy atom. The van der Waals surface area contributed by atoms with E-state index in [1.165, 1.54) is 12.5 Å². The molecular formula is C17H25ClF2N2O. The van der Waals surface area contributed by atoms with Gasteiger partial charge in [-0.05, 0) is 62.9 Å². The topological polar surface area (TPSA) is 32.3 Å². The van der Waals surface area contributed by atoms with Gasteiger partial charge in [-0.1, -0.05) is 6.07 Å². The van der Waals surface area contributed by atoms with Gasteiger partial charge in [-0.25, -0.2) is 8.78 Å². The Hall–Kier alpha value is -1.20. The molecule has 1 saturated heterocycles. The molecular weight excluding hydrogens is 322 g/mol. The molecule has 0 radical (unpaired) electrons. The zero-order chi connectivity index (χ0) is 15.9. The highest BCUT2D eigenvalue weighted by Crippen LogP contribution is 2.17. The van der Waals surface area contributed by atoms with E-state index in [0.29, 0.717) is 25.2 Å². The molecule has 1 aromatic rings. The van der Waals surface area contributed by atoms with Crippen LogP contribution in [0.2, 0.25) is 0 Å². The van der Waals surface area contributed by atoms with Gasteiger partial charge in [0.15, 0.2) is 11.6 Å². The quantitative estimate of drug-likeness (QED) is 0.858. The number of nitrogens with zero attached hydrogens (tertiary/aromatic N) is 1. The summed E-state index contributed by atoms with van der Waals surface area (Å²) in [6.07, 6.45) is 3.94. The van der Waals surface area contributed by atoms with E-state index in [0.717, 1.165) is 37.7 Å². The molecule has 23 heavy (non-hydrogen) atoms. The Balaban J connectivity index is 0.00000264. The zero-order valence-electron chi connectivity index (χ0n) is 13.5. The molecule has 1 atom stereocenters. The van der Waals surface area contributed by atoms with E-state index in [1.807, 2.05) is 11.9 Å². The largest absolute Gasteiger partial charge is 0.342 e. The Morgan fingerprint density at radius 1 is 1.35 bits per heavy atom. The van der Waals surface area contributed by atoms with E-state index < -0.39 is 11.6 Å². The van der Waals surface area contributed by atoms with Crippen LogP contribution in [0.25, 0.3) is 0 Å². The normalized spacial score (nSPS) is 17.7. The second-order valence-electron chi connectivity index (χ2n) is 6.01. The lowest BCUT2D eigenvalue weighted by Crippen LogP contribution is -2.42. The van der Waals surface area contributed by atoms with Gasteiger partial charge in [0.25, 0.3) is 0 Å². The van der Waals surface area contributed by atoms with Crippen LogP contribution in [-0.4, -0.2) is 37.5 Å². The van der Waals surface area contributed by atoms with Crippen LogP contribution in [0.15, 0.2) is 18.2 Å². The summed E-state index contributed by atoms with van der Waals surface area (Å²) in [5.41, 5.74) is 0.735. The Kier molecular flexibility index (Phi) is 8.48. The number of carbonyl (C=O) groups excluding carboxylic acids is 1. The molecule has 1 fully saturated rings. The van der Waals surface area contributed by atoms with Crippen molar-refractivity contribution in [1.82, 2.24) is 10.2 Å². The van der Waals surface area contributed by atoms with Gasteiger partial charge in [0, 0.05) is 19.5 Å². The molecule has 1 N–H and O–H groups in total. The highest BCUT2D eigenvalue weighted by Gasteiger charge is 2.22. The summed E-state index contributed by atoms with van der Waals surface area (Å²) in [5, 5.41) is 3.17. The molecule has 0 aliphatic carbocycles. The second kappa shape index (κ2) is 9.83. The number of piperidine rings is 1. The maximum atomic E-state index is 13.1. The summed E-state index contributed by atoms with van der Waals surface area (Å²) in [6.45, 7) is 2.60. The Morgan fingerprint density at radius 2 is 2.13 bits per heavy atom. The average molecular weight is 347 g/mol. The van der Waals surface area contributed by atoms with Gasteiger partial charge in [-0.2, -0.15) is 0 Å². The van der Waals surface area contributed by atoms with Crippen molar-refractivity contribution in [2.75, 3.05) is 26.7 Å². The highest BCUT2D eigenvalue weighted by atomic mass is 35.5. The van der Waals surface area contributed by atoms with Crippen LogP contribution in [0.1, 0.15) is 31.2 Å². The molecule has 1 unspecified atom stereocenters. The van der Waals surface area contributed by atoms with Gasteiger partial charge in [-0.15, -0.1) is 12.4 Å². The second-order valence-corrected chi connectivity index (χ2v) is 6.01. The summed E-state index contributed by atoms with van der Waals surface area (Å²) in [7, 11) is 1.93. The number of carbonyl (C=O) groups is 1. The van der Waals surface area contributed by atoms with E-state index in [4.69, 9.17) is 0 Å². The van der Waals surface area contributed by atoms with Crippen molar-refractivity contribution in [3.05, 3.63) is 35.4 Å². The number of likely N-dealkylation sites (tertiary alicyclic amines) is 1. The van der Waals surface area contributed by atoms with Gasteiger partial charge < -0.3 is 10.2 Å². The lowest BCUT2D eigenvalue weighted by atomic mass is 9.97. The summed E-state index contributed by atoms with van der Waals surface area (Å²) < 4.78 is 26.0. The number of nitrogens with one attached hydrogen (secondary N) is 1. The van der Waals surface area contributed by atoms with Crippen molar-refractivity contribution in [3.8, 4) is 0 Å². The van der Waals surface area contributed by atoms with E-state index >= 15 is 0 Å². The van der Waals surface area contributed by atoms with Crippen molar-refractivity contribution in [2.45, 2.75) is 32.1 Å². The molecule has 2 rings (SSSR count). The first kappa shape index (κ1) is 19.8. The molecule has 1 aromatic carbocycles. The van der Waals surface area contributed by atoms with Crippen LogP contribution >= 0.6 is 12.4 Å². The Labute approximate surface area is 142 Å². The average Bonchev–Trinajstić information content (AvgIpc) is 2.51. The molecule has 1 aliphatic rings. The first-order valence-corrected chi connectivity index (χ1v) is 7.96. The lowest BCUT2D eigenvalue weighted by Gasteiger charge is -2.32. The first-order chi connectivity index (χ1) is 10.6. The molecule has 0 bridgehead atoms. The fraction of sp³-hybridized carbons (Fsp3) is 0.588. The number of hydrogen-bond donors (Lipinski definition) is 1. The SMILES string of the molecule is CNCC1CCCN(C(=O)CCCc2ccc(F)c(F)c2)C1.Cl. The van der Waals surface area contributed by atoms with Crippen molar-refractivity contribution < 1.29 is 13.6 Å². The molecule has 0 aromatic heterocycles. The number of rotatable bonds is 6. The molecule has 130 valence electrons. The van der Waals surface area contributed by atoms with E-state index in [-0.39, 0.29) is 18.3 Å². The predicted octanol–water partition coefficient (Wildman–Crippen LogP) is 3.17. The fourth-order valence-electron chi connectivity index (χ4n) is 3.04. The van der Waals surface area contributed by atoms with Crippen LogP contribution < -0.4 is 5.32 Å². The standard InChI is InChI=1S/C17H24F2N2O.ClH/c1-20-11-14-5-3-9-21(12-14)17(22)6-2-4-13-7-8-15(18)16(19)10-13;/h7-8,10,14,20H,2-6,9,11-12H2,1H3;1H. The fourth-order valence-corrected chi connectivity index (χ4v) is 3.04. The molecule has 0 spiro atoms. The number of hydrogen-bond acceptors (Lipinski definition) is 2. The van der Waals surface area contributed by atoms with Crippen molar-refractivity contribution in [2.24, 2.45) is 5.92 Å². The predicted molar refractivity (Wildman–Crippen MR) is 89.8 cm³/mol. The number of amides is 1. The minimum atomic E-state index is -0.830. The minimum absolute atomic E-state index is 0. The molecule has 3 nitrogen and oxygen atoms in total. The van der Waals surface area contributed by atoms with Gasteiger partial charge in [0.05, 0.1) is 0 Å². The Bertz CT molecular complexity index is 511. The maximum Gasteiger partial charge on any atom is 0.222 e. The zero-order valence-corrected chi connectivity index (χ0v) is 14.3. The number of halogens is 3. The van der Waals surface area contributed by atoms with E-state index in [2.05, 4.69) is 5.32 Å². The summed E-state index contributed by atoms with van der Waals surface area (Å²) in [6, 6.07) is 3.93. The van der Waals surface area contributed by atoms with E-state index in [9.17, 15) is 13.6 Å². The monoisotopic (exact) mass is 346 g/mol. The van der Waals surface area contributed by atoms with Gasteiger partial charge in [0.2, 0.25) is 5.91 Å². The van der Waals surface area contributed by atoms with Gasteiger partial charge >= 0.3 is 0 Å². The van der Waals surface area contributed by atoms with Crippen molar-refractivity contribution in [3.63, 3.8) is 0 Å². The molecule has 1 amide bonds. The third-order valence-corrected chi connectivity index (χ3v) is 4.20. The van der Waals surface area contributed by atoms with Crippen molar-refractivity contribution in [1.29, 1.82) is 0 Å².